The van der Waals surface area contributed by atoms with Gasteiger partial charge in [0.1, 0.15) is 0 Å². The van der Waals surface area contributed by atoms with Gasteiger partial charge in [-0.15, -0.1) is 0 Å². The van der Waals surface area contributed by atoms with Crippen molar-refractivity contribution in [3.8, 4) is 0 Å². The number of amides is 1. The molecule has 0 aliphatic heterocycles. The minimum absolute atomic E-state index is 0.648. The van der Waals surface area contributed by atoms with Gasteiger partial charge >= 0.3 is 0 Å². The molecule has 1 N–H and O–H groups in total. The van der Waals surface area contributed by atoms with Gasteiger partial charge in [-0.3, -0.25) is 9.79 Å². The second-order valence-corrected chi connectivity index (χ2v) is 2.66. The molecule has 0 heterocycles. The molecular formula is C11H12N2O. The van der Waals surface area contributed by atoms with E-state index < -0.39 is 0 Å². The number of benzene rings is 1. The molecule has 0 radical (unpaired) electrons. The van der Waals surface area contributed by atoms with Crippen LogP contribution in [-0.4, -0.2) is 13.1 Å². The molecule has 3 heteroatoms. The summed E-state index contributed by atoms with van der Waals surface area (Å²) in [4.78, 5) is 14.2. The number of nitrogens with zero attached hydrogens (tertiary/aromatic N) is 1. The lowest BCUT2D eigenvalue weighted by atomic mass is 10.1. The zero-order valence-electron chi connectivity index (χ0n) is 8.03. The van der Waals surface area contributed by atoms with Gasteiger partial charge in [0, 0.05) is 11.3 Å². The van der Waals surface area contributed by atoms with Crippen LogP contribution in [0.1, 0.15) is 12.5 Å². The topological polar surface area (TPSA) is 41.5 Å². The van der Waals surface area contributed by atoms with E-state index in [4.69, 9.17) is 0 Å². The maximum atomic E-state index is 10.3. The summed E-state index contributed by atoms with van der Waals surface area (Å²) >= 11 is 0. The summed E-state index contributed by atoms with van der Waals surface area (Å²) in [6.45, 7) is 5.38. The SMILES string of the molecule is C=Nc1cccc(NC=O)c1/C=C\C. The maximum absolute atomic E-state index is 10.3. The second kappa shape index (κ2) is 4.97. The van der Waals surface area contributed by atoms with Crippen molar-refractivity contribution < 1.29 is 4.79 Å². The van der Waals surface area contributed by atoms with E-state index >= 15 is 0 Å². The molecule has 0 unspecified atom stereocenters. The van der Waals surface area contributed by atoms with Crippen LogP contribution in [-0.2, 0) is 4.79 Å². The molecule has 0 saturated heterocycles. The number of carbonyl (C=O) groups excluding carboxylic acids is 1. The molecule has 0 atom stereocenters. The fraction of sp³-hybridized carbons (Fsp3) is 0.0909. The summed E-state index contributed by atoms with van der Waals surface area (Å²) in [7, 11) is 0. The van der Waals surface area contributed by atoms with Gasteiger partial charge in [-0.1, -0.05) is 18.2 Å². The predicted molar refractivity (Wildman–Crippen MR) is 60.0 cm³/mol. The van der Waals surface area contributed by atoms with E-state index in [1.165, 1.54) is 0 Å². The number of anilines is 1. The number of rotatable bonds is 4. The molecule has 0 aliphatic carbocycles. The van der Waals surface area contributed by atoms with Crippen LogP contribution in [0.5, 0.6) is 0 Å². The molecule has 0 saturated carbocycles. The van der Waals surface area contributed by atoms with Crippen LogP contribution in [0, 0.1) is 0 Å². The van der Waals surface area contributed by atoms with E-state index in [0.29, 0.717) is 6.41 Å². The summed E-state index contributed by atoms with van der Waals surface area (Å²) in [5, 5.41) is 2.62. The first-order chi connectivity index (χ1) is 6.83. The highest BCUT2D eigenvalue weighted by Gasteiger charge is 2.02. The van der Waals surface area contributed by atoms with Gasteiger partial charge in [-0.2, -0.15) is 0 Å². The zero-order valence-corrected chi connectivity index (χ0v) is 8.03. The van der Waals surface area contributed by atoms with Gasteiger partial charge in [-0.25, -0.2) is 0 Å². The van der Waals surface area contributed by atoms with Crippen LogP contribution in [0.15, 0.2) is 29.3 Å². The normalized spacial score (nSPS) is 10.1. The molecule has 1 aromatic rings. The Hall–Kier alpha value is -1.90. The molecule has 3 nitrogen and oxygen atoms in total. The Balaban J connectivity index is 3.26. The van der Waals surface area contributed by atoms with Gasteiger partial charge in [-0.05, 0) is 25.8 Å². The van der Waals surface area contributed by atoms with Crippen molar-refractivity contribution in [3.63, 3.8) is 0 Å². The highest BCUT2D eigenvalue weighted by molar-refractivity contribution is 5.83. The molecule has 0 spiro atoms. The third-order valence-corrected chi connectivity index (χ3v) is 1.80. The summed E-state index contributed by atoms with van der Waals surface area (Å²) < 4.78 is 0. The van der Waals surface area contributed by atoms with E-state index in [1.807, 2.05) is 37.3 Å². The molecule has 14 heavy (non-hydrogen) atoms. The number of nitrogens with one attached hydrogen (secondary N) is 1. The third-order valence-electron chi connectivity index (χ3n) is 1.80. The average molecular weight is 188 g/mol. The van der Waals surface area contributed by atoms with Crippen LogP contribution in [0.2, 0.25) is 0 Å². The Morgan fingerprint density at radius 3 is 2.86 bits per heavy atom. The minimum Gasteiger partial charge on any atom is -0.328 e. The predicted octanol–water partition coefficient (Wildman–Crippen LogP) is 2.62. The maximum Gasteiger partial charge on any atom is 0.211 e. The van der Waals surface area contributed by atoms with Gasteiger partial charge in [0.2, 0.25) is 6.41 Å². The number of carbonyl (C=O) groups is 1. The van der Waals surface area contributed by atoms with E-state index in [0.717, 1.165) is 16.9 Å². The number of aliphatic imine (C=N–C) groups is 1. The molecule has 0 aromatic heterocycles. The standard InChI is InChI=1S/C11H12N2O/c1-3-5-9-10(12-2)6-4-7-11(9)13-8-14/h3-8H,2H2,1H3,(H,13,14)/b5-3-. The number of hydrogen-bond donors (Lipinski definition) is 1. The molecule has 0 bridgehead atoms. The quantitative estimate of drug-likeness (QED) is 0.572. The first kappa shape index (κ1) is 10.2. The van der Waals surface area contributed by atoms with Crippen LogP contribution in [0.4, 0.5) is 11.4 Å². The monoisotopic (exact) mass is 188 g/mol. The third kappa shape index (κ3) is 2.07. The lowest BCUT2D eigenvalue weighted by Gasteiger charge is -2.06. The molecule has 1 amide bonds. The van der Waals surface area contributed by atoms with E-state index in [-0.39, 0.29) is 0 Å². The highest BCUT2D eigenvalue weighted by Crippen LogP contribution is 2.27. The summed E-state index contributed by atoms with van der Waals surface area (Å²) in [6, 6.07) is 5.49. The van der Waals surface area contributed by atoms with Crippen LogP contribution in [0.25, 0.3) is 6.08 Å². The van der Waals surface area contributed by atoms with Gasteiger partial charge < -0.3 is 5.32 Å². The molecule has 72 valence electrons. The Labute approximate surface area is 83.2 Å². The summed E-state index contributed by atoms with van der Waals surface area (Å²) in [5.41, 5.74) is 2.37. The molecule has 1 rings (SSSR count). The minimum atomic E-state index is 0.648. The van der Waals surface area contributed by atoms with Gasteiger partial charge in [0.05, 0.1) is 5.69 Å². The summed E-state index contributed by atoms with van der Waals surface area (Å²) in [6.07, 6.45) is 4.42. The van der Waals surface area contributed by atoms with E-state index in [1.54, 1.807) is 0 Å². The number of hydrogen-bond acceptors (Lipinski definition) is 2. The van der Waals surface area contributed by atoms with Gasteiger partial charge in [0.25, 0.3) is 0 Å². The highest BCUT2D eigenvalue weighted by atomic mass is 16.1. The van der Waals surface area contributed by atoms with E-state index in [9.17, 15) is 4.79 Å². The molecule has 0 aliphatic rings. The lowest BCUT2D eigenvalue weighted by molar-refractivity contribution is -0.105. The van der Waals surface area contributed by atoms with E-state index in [2.05, 4.69) is 17.0 Å². The van der Waals surface area contributed by atoms with Crippen molar-refractivity contribution in [1.29, 1.82) is 0 Å². The Morgan fingerprint density at radius 1 is 1.50 bits per heavy atom. The fourth-order valence-electron chi connectivity index (χ4n) is 1.22. The van der Waals surface area contributed by atoms with Gasteiger partial charge in [0.15, 0.2) is 0 Å². The van der Waals surface area contributed by atoms with Crippen molar-refractivity contribution in [2.45, 2.75) is 6.92 Å². The van der Waals surface area contributed by atoms with Crippen molar-refractivity contribution in [3.05, 3.63) is 29.8 Å². The van der Waals surface area contributed by atoms with Crippen molar-refractivity contribution in [2.75, 3.05) is 5.32 Å². The molecular weight excluding hydrogens is 176 g/mol. The first-order valence-electron chi connectivity index (χ1n) is 4.26. The smallest absolute Gasteiger partial charge is 0.211 e. The second-order valence-electron chi connectivity index (χ2n) is 2.66. The first-order valence-corrected chi connectivity index (χ1v) is 4.26. The largest absolute Gasteiger partial charge is 0.328 e. The Bertz CT molecular complexity index is 370. The van der Waals surface area contributed by atoms with Crippen molar-refractivity contribution >= 4 is 30.6 Å². The summed E-state index contributed by atoms with van der Waals surface area (Å²) in [5.74, 6) is 0. The molecule has 1 aromatic carbocycles. The fourth-order valence-corrected chi connectivity index (χ4v) is 1.22. The van der Waals surface area contributed by atoms with Crippen LogP contribution < -0.4 is 5.32 Å². The van der Waals surface area contributed by atoms with Crippen LogP contribution >= 0.6 is 0 Å². The molecule has 0 fully saturated rings. The lowest BCUT2D eigenvalue weighted by Crippen LogP contribution is -1.95. The Morgan fingerprint density at radius 2 is 2.29 bits per heavy atom. The number of allylic oxidation sites excluding steroid dienone is 1. The zero-order chi connectivity index (χ0) is 10.4. The van der Waals surface area contributed by atoms with Crippen molar-refractivity contribution in [1.82, 2.24) is 0 Å². The average Bonchev–Trinajstić information content (AvgIpc) is 2.21. The van der Waals surface area contributed by atoms with Crippen molar-refractivity contribution in [2.24, 2.45) is 4.99 Å². The Kier molecular flexibility index (Phi) is 3.61. The van der Waals surface area contributed by atoms with Crippen LogP contribution in [0.3, 0.4) is 0 Å².